The van der Waals surface area contributed by atoms with Crippen molar-refractivity contribution in [3.05, 3.63) is 81.3 Å². The maximum Gasteiger partial charge on any atom is 0.254 e. The highest BCUT2D eigenvalue weighted by atomic mass is 35.5. The molecule has 0 unspecified atom stereocenters. The van der Waals surface area contributed by atoms with Gasteiger partial charge in [0.05, 0.1) is 47.7 Å². The number of aromatic nitrogens is 4. The third kappa shape index (κ3) is 5.62. The molecule has 2 aromatic heterocycles. The van der Waals surface area contributed by atoms with Gasteiger partial charge >= 0.3 is 0 Å². The summed E-state index contributed by atoms with van der Waals surface area (Å²) in [6.07, 6.45) is 2.06. The van der Waals surface area contributed by atoms with E-state index in [2.05, 4.69) is 21.7 Å². The summed E-state index contributed by atoms with van der Waals surface area (Å²) in [6.45, 7) is 7.71. The lowest BCUT2D eigenvalue weighted by molar-refractivity contribution is 0.0291. The average molecular weight is 575 g/mol. The quantitative estimate of drug-likeness (QED) is 0.365. The minimum Gasteiger partial charge on any atom is -0.492 e. The number of fused-ring (bicyclic) bond motifs is 6. The van der Waals surface area contributed by atoms with Crippen molar-refractivity contribution in [2.24, 2.45) is 0 Å². The minimum absolute atomic E-state index is 0.130. The molecule has 11 heteroatoms. The molecule has 6 rings (SSSR count). The third-order valence-electron chi connectivity index (χ3n) is 7.49. The number of hydrogen-bond donors (Lipinski definition) is 1. The van der Waals surface area contributed by atoms with Crippen LogP contribution >= 0.6 is 11.6 Å². The average Bonchev–Trinajstić information content (AvgIpc) is 3.56. The largest absolute Gasteiger partial charge is 0.492 e. The Morgan fingerprint density at radius 3 is 2.83 bits per heavy atom. The monoisotopic (exact) mass is 574 g/mol. The molecule has 1 fully saturated rings. The number of rotatable bonds is 1. The van der Waals surface area contributed by atoms with Crippen LogP contribution in [0.3, 0.4) is 0 Å². The van der Waals surface area contributed by atoms with Gasteiger partial charge in [-0.2, -0.15) is 0 Å². The molecular weight excluding hydrogens is 544 g/mol. The molecule has 2 aromatic carbocycles. The lowest BCUT2D eigenvalue weighted by atomic mass is 10.0. The maximum atomic E-state index is 14.0. The number of hydrogen-bond acceptors (Lipinski definition) is 7. The normalized spacial score (nSPS) is 19.5. The van der Waals surface area contributed by atoms with Crippen LogP contribution in [-0.4, -0.2) is 68.5 Å². The van der Waals surface area contributed by atoms with E-state index in [0.717, 1.165) is 27.7 Å². The topological polar surface area (TPSA) is 111 Å². The van der Waals surface area contributed by atoms with Crippen molar-refractivity contribution in [1.82, 2.24) is 30.2 Å². The van der Waals surface area contributed by atoms with E-state index in [4.69, 9.17) is 26.1 Å². The molecule has 4 bridgehead atoms. The zero-order valence-electron chi connectivity index (χ0n) is 23.2. The Morgan fingerprint density at radius 2 is 1.98 bits per heavy atom. The van der Waals surface area contributed by atoms with Crippen molar-refractivity contribution < 1.29 is 19.1 Å². The highest BCUT2D eigenvalue weighted by Crippen LogP contribution is 2.28. The zero-order chi connectivity index (χ0) is 28.7. The van der Waals surface area contributed by atoms with Gasteiger partial charge in [0.1, 0.15) is 11.4 Å². The highest BCUT2D eigenvalue weighted by molar-refractivity contribution is 6.32. The molecule has 4 aromatic rings. The van der Waals surface area contributed by atoms with Crippen LogP contribution in [0.4, 0.5) is 0 Å². The SMILES string of the molecule is Cc1cc(C)c2nc(C)cc(C(=O)N3C[C@@H]4NC(=O)c5ccc(Cl)c(c5)OCCCn5cc(nn5)CO[C@H]4C3)c2c1. The lowest BCUT2D eigenvalue weighted by Crippen LogP contribution is -2.44. The summed E-state index contributed by atoms with van der Waals surface area (Å²) in [7, 11) is 0. The first kappa shape index (κ1) is 27.2. The fraction of sp³-hybridized carbons (Fsp3) is 0.367. The Labute approximate surface area is 242 Å². The van der Waals surface area contributed by atoms with Crippen LogP contribution in [0.15, 0.2) is 42.6 Å². The number of halogens is 1. The van der Waals surface area contributed by atoms with Crippen molar-refractivity contribution in [2.45, 2.75) is 52.5 Å². The van der Waals surface area contributed by atoms with Crippen LogP contribution < -0.4 is 10.1 Å². The van der Waals surface area contributed by atoms with Crippen molar-refractivity contribution in [1.29, 1.82) is 0 Å². The predicted octanol–water partition coefficient (Wildman–Crippen LogP) is 4.03. The molecule has 10 nitrogen and oxygen atoms in total. The molecular formula is C30H31ClN6O4. The Kier molecular flexibility index (Phi) is 7.35. The second-order valence-corrected chi connectivity index (χ2v) is 11.2. The fourth-order valence-corrected chi connectivity index (χ4v) is 5.70. The van der Waals surface area contributed by atoms with Crippen LogP contribution in [0.25, 0.3) is 10.9 Å². The molecule has 0 aliphatic carbocycles. The second-order valence-electron chi connectivity index (χ2n) is 10.7. The fourth-order valence-electron chi connectivity index (χ4n) is 5.53. The van der Waals surface area contributed by atoms with E-state index in [0.29, 0.717) is 53.7 Å². The van der Waals surface area contributed by atoms with Crippen LogP contribution in [0.1, 0.15) is 49.7 Å². The van der Waals surface area contributed by atoms with Crippen LogP contribution in [0.2, 0.25) is 5.02 Å². The molecule has 0 radical (unpaired) electrons. The van der Waals surface area contributed by atoms with Gasteiger partial charge < -0.3 is 19.7 Å². The van der Waals surface area contributed by atoms with Crippen molar-refractivity contribution in [3.8, 4) is 5.75 Å². The van der Waals surface area contributed by atoms with Crippen LogP contribution in [0.5, 0.6) is 5.75 Å². The van der Waals surface area contributed by atoms with Gasteiger partial charge in [-0.3, -0.25) is 19.3 Å². The molecule has 1 N–H and O–H groups in total. The van der Waals surface area contributed by atoms with E-state index in [1.54, 1.807) is 27.8 Å². The summed E-state index contributed by atoms with van der Waals surface area (Å²) in [5, 5.41) is 12.7. The van der Waals surface area contributed by atoms with Gasteiger partial charge in [-0.15, -0.1) is 5.10 Å². The summed E-state index contributed by atoms with van der Waals surface area (Å²) >= 11 is 6.33. The molecule has 0 saturated carbocycles. The molecule has 0 spiro atoms. The van der Waals surface area contributed by atoms with Gasteiger partial charge in [0, 0.05) is 42.7 Å². The van der Waals surface area contributed by atoms with E-state index in [-0.39, 0.29) is 25.0 Å². The first-order chi connectivity index (χ1) is 19.7. The molecule has 4 heterocycles. The molecule has 2 amide bonds. The van der Waals surface area contributed by atoms with Gasteiger partial charge in [0.2, 0.25) is 0 Å². The van der Waals surface area contributed by atoms with E-state index in [1.165, 1.54) is 0 Å². The molecule has 1 saturated heterocycles. The van der Waals surface area contributed by atoms with Crippen molar-refractivity contribution >= 4 is 34.3 Å². The first-order valence-corrected chi connectivity index (χ1v) is 14.0. The van der Waals surface area contributed by atoms with Gasteiger partial charge in [-0.1, -0.05) is 28.4 Å². The zero-order valence-corrected chi connectivity index (χ0v) is 23.9. The summed E-state index contributed by atoms with van der Waals surface area (Å²) < 4.78 is 13.9. The number of aryl methyl sites for hydroxylation is 4. The van der Waals surface area contributed by atoms with E-state index < -0.39 is 12.1 Å². The van der Waals surface area contributed by atoms with Gasteiger partial charge in [-0.05, 0) is 56.7 Å². The third-order valence-corrected chi connectivity index (χ3v) is 7.80. The summed E-state index contributed by atoms with van der Waals surface area (Å²) in [6, 6.07) is 10.4. The molecule has 212 valence electrons. The number of amides is 2. The van der Waals surface area contributed by atoms with Crippen molar-refractivity contribution in [3.63, 3.8) is 0 Å². The maximum absolute atomic E-state index is 14.0. The highest BCUT2D eigenvalue weighted by Gasteiger charge is 2.38. The molecule has 2 atom stereocenters. The van der Waals surface area contributed by atoms with E-state index in [9.17, 15) is 9.59 Å². The van der Waals surface area contributed by atoms with Crippen LogP contribution in [-0.2, 0) is 17.9 Å². The van der Waals surface area contributed by atoms with E-state index >= 15 is 0 Å². The van der Waals surface area contributed by atoms with Gasteiger partial charge in [0.25, 0.3) is 11.8 Å². The van der Waals surface area contributed by atoms with Crippen LogP contribution in [0, 0.1) is 20.8 Å². The Bertz CT molecular complexity index is 1650. The van der Waals surface area contributed by atoms with E-state index in [1.807, 2.05) is 39.1 Å². The molecule has 2 aliphatic rings. The number of carbonyl (C=O) groups is 2. The van der Waals surface area contributed by atoms with Gasteiger partial charge in [-0.25, -0.2) is 0 Å². The Hall–Kier alpha value is -4.02. The first-order valence-electron chi connectivity index (χ1n) is 13.7. The number of carbonyl (C=O) groups excluding carboxylic acids is 2. The minimum atomic E-state index is -0.457. The molecule has 2 aliphatic heterocycles. The summed E-state index contributed by atoms with van der Waals surface area (Å²) in [5.41, 5.74) is 5.34. The lowest BCUT2D eigenvalue weighted by Gasteiger charge is -2.20. The summed E-state index contributed by atoms with van der Waals surface area (Å²) in [4.78, 5) is 33.8. The number of likely N-dealkylation sites (tertiary alicyclic amines) is 1. The molecule has 41 heavy (non-hydrogen) atoms. The van der Waals surface area contributed by atoms with Crippen molar-refractivity contribution in [2.75, 3.05) is 19.7 Å². The second kappa shape index (κ2) is 11.1. The number of nitrogens with one attached hydrogen (secondary N) is 1. The number of benzene rings is 2. The predicted molar refractivity (Wildman–Crippen MR) is 153 cm³/mol. The number of nitrogens with zero attached hydrogens (tertiary/aromatic N) is 5. The smallest absolute Gasteiger partial charge is 0.254 e. The summed E-state index contributed by atoms with van der Waals surface area (Å²) in [5.74, 6) is 0.0102. The Balaban J connectivity index is 1.32. The number of pyridine rings is 1. The number of ether oxygens (including phenoxy) is 2. The Morgan fingerprint density at radius 1 is 1.12 bits per heavy atom. The van der Waals surface area contributed by atoms with Gasteiger partial charge in [0.15, 0.2) is 0 Å². The standard InChI is InChI=1S/C30H31ClN6O4/c1-17-9-18(2)28-22(10-17)23(11-19(3)32-28)30(39)36-14-25-27(15-36)41-16-21-13-37(35-34-21)7-4-8-40-26-12-20(29(38)33-25)5-6-24(26)31/h5-6,9-13,25,27H,4,7-8,14-16H2,1-3H3,(H,33,38)/t25-,27-/m0/s1.